The summed E-state index contributed by atoms with van der Waals surface area (Å²) in [7, 11) is 3.92. The van der Waals surface area contributed by atoms with Gasteiger partial charge in [-0.25, -0.2) is 4.98 Å². The number of aliphatic hydroxyl groups is 2. The Morgan fingerprint density at radius 3 is 2.78 bits per heavy atom. The summed E-state index contributed by atoms with van der Waals surface area (Å²) in [6.07, 6.45) is 7.62. The Bertz CT molecular complexity index is 1340. The number of imidazole rings is 1. The highest BCUT2D eigenvalue weighted by Crippen LogP contribution is 2.71. The van der Waals surface area contributed by atoms with Crippen molar-refractivity contribution in [1.29, 1.82) is 0 Å². The molecule has 5 aliphatic rings. The van der Waals surface area contributed by atoms with Crippen molar-refractivity contribution in [1.82, 2.24) is 14.9 Å². The van der Waals surface area contributed by atoms with E-state index in [1.165, 1.54) is 11.1 Å². The topological polar surface area (TPSA) is 108 Å². The molecule has 1 saturated heterocycles. The Kier molecular flexibility index (Phi) is 4.61. The number of nitrogens with one attached hydrogen (secondary N) is 1. The van der Waals surface area contributed by atoms with Gasteiger partial charge >= 0.3 is 0 Å². The number of hydrogen-bond donors (Lipinski definition) is 4. The summed E-state index contributed by atoms with van der Waals surface area (Å²) < 4.78 is 7.25. The molecule has 2 aromatic rings. The number of allylic oxidation sites excluding steroid dienone is 2. The molecule has 5 N–H and O–H groups in total. The number of anilines is 1. The van der Waals surface area contributed by atoms with E-state index >= 15 is 0 Å². The van der Waals surface area contributed by atoms with Crippen LogP contribution in [-0.2, 0) is 4.74 Å². The van der Waals surface area contributed by atoms with Gasteiger partial charge in [0.1, 0.15) is 6.10 Å². The molecule has 2 aliphatic heterocycles. The summed E-state index contributed by atoms with van der Waals surface area (Å²) in [4.78, 5) is 8.88. The first-order valence-electron chi connectivity index (χ1n) is 13.1. The van der Waals surface area contributed by atoms with Gasteiger partial charge in [0, 0.05) is 12.0 Å². The Hall–Kier alpha value is -1.90. The Morgan fingerprint density at radius 2 is 2.00 bits per heavy atom. The van der Waals surface area contributed by atoms with Gasteiger partial charge in [-0.2, -0.15) is 0 Å². The lowest BCUT2D eigenvalue weighted by molar-refractivity contribution is -0.199. The van der Waals surface area contributed by atoms with E-state index in [-0.39, 0.29) is 17.4 Å². The highest BCUT2D eigenvalue weighted by molar-refractivity contribution is 6.26. The van der Waals surface area contributed by atoms with Crippen LogP contribution in [0.4, 0.5) is 5.95 Å². The van der Waals surface area contributed by atoms with Gasteiger partial charge < -0.3 is 30.6 Å². The van der Waals surface area contributed by atoms with Crippen molar-refractivity contribution in [3.05, 3.63) is 41.5 Å². The number of ether oxygens (including phenoxy) is 1. The third-order valence-corrected chi connectivity index (χ3v) is 11.1. The summed E-state index contributed by atoms with van der Waals surface area (Å²) >= 11 is 7.54. The van der Waals surface area contributed by atoms with Crippen LogP contribution in [-0.4, -0.2) is 73.5 Å². The molecule has 7 nitrogen and oxygen atoms in total. The summed E-state index contributed by atoms with van der Waals surface area (Å²) in [6, 6.07) is 6.19. The van der Waals surface area contributed by atoms with Crippen LogP contribution in [0.2, 0.25) is 0 Å². The molecule has 2 bridgehead atoms. The standard InChI is InChI=1S/C28H35ClN4O3/c1-25-8-10-27(29)13-17-22(34)23(35)20(33(2)3)14-26(17)9-11-28(27,36-26)21(25)7-5-16(25)15-4-6-18-19(12-15)32-24(30)31-18/h4-6,12-13,20-23,34-35H,7-11,14H2,1-3H3,(H3,30,31,32)/t20-,21?,22+,23+,25+,26+,27?,28-/m0/s1. The number of likely N-dealkylation sites (N-methyl/N-ethyl adjacent to an activating group) is 1. The van der Waals surface area contributed by atoms with Crippen LogP contribution in [0, 0.1) is 11.3 Å². The van der Waals surface area contributed by atoms with Crippen LogP contribution in [0.3, 0.4) is 0 Å². The average molecular weight is 511 g/mol. The first-order chi connectivity index (χ1) is 17.0. The van der Waals surface area contributed by atoms with Gasteiger partial charge in [-0.15, -0.1) is 11.6 Å². The van der Waals surface area contributed by atoms with Gasteiger partial charge in [-0.05, 0) is 86.9 Å². The van der Waals surface area contributed by atoms with Crippen LogP contribution in [0.1, 0.15) is 51.0 Å². The van der Waals surface area contributed by atoms with E-state index in [1.54, 1.807) is 0 Å². The minimum Gasteiger partial charge on any atom is -0.388 e. The summed E-state index contributed by atoms with van der Waals surface area (Å²) in [5.74, 6) is 0.658. The molecule has 192 valence electrons. The zero-order valence-corrected chi connectivity index (χ0v) is 21.8. The molecule has 1 aromatic carbocycles. The van der Waals surface area contributed by atoms with E-state index in [0.29, 0.717) is 12.4 Å². The molecule has 2 unspecified atom stereocenters. The number of fused-ring (bicyclic) bond motifs is 2. The van der Waals surface area contributed by atoms with Gasteiger partial charge in [0.25, 0.3) is 0 Å². The van der Waals surface area contributed by atoms with Gasteiger partial charge in [-0.3, -0.25) is 0 Å². The van der Waals surface area contributed by atoms with Gasteiger partial charge in [0.2, 0.25) is 0 Å². The van der Waals surface area contributed by atoms with Crippen molar-refractivity contribution in [3.8, 4) is 0 Å². The maximum Gasteiger partial charge on any atom is 0.198 e. The number of nitrogens with zero attached hydrogens (tertiary/aromatic N) is 2. The van der Waals surface area contributed by atoms with Crippen LogP contribution in [0.25, 0.3) is 16.6 Å². The number of alkyl halides is 1. The maximum absolute atomic E-state index is 11.2. The number of nitrogen functional groups attached to an aromatic ring is 1. The van der Waals surface area contributed by atoms with Gasteiger partial charge in [-0.1, -0.05) is 25.1 Å². The molecular weight excluding hydrogens is 476 g/mol. The number of halogens is 1. The number of aromatic amines is 1. The predicted molar refractivity (Wildman–Crippen MR) is 140 cm³/mol. The van der Waals surface area contributed by atoms with E-state index < -0.39 is 28.3 Å². The van der Waals surface area contributed by atoms with E-state index in [1.807, 2.05) is 19.0 Å². The molecule has 3 heterocycles. The zero-order valence-electron chi connectivity index (χ0n) is 21.1. The fourth-order valence-corrected chi connectivity index (χ4v) is 9.10. The van der Waals surface area contributed by atoms with Crippen molar-refractivity contribution in [2.45, 2.75) is 79.8 Å². The highest BCUT2D eigenvalue weighted by atomic mass is 35.5. The minimum atomic E-state index is -0.962. The summed E-state index contributed by atoms with van der Waals surface area (Å²) in [5.41, 5.74) is 9.88. The molecule has 2 saturated carbocycles. The smallest absolute Gasteiger partial charge is 0.198 e. The number of hydrogen-bond acceptors (Lipinski definition) is 6. The molecule has 0 amide bonds. The van der Waals surface area contributed by atoms with Crippen LogP contribution < -0.4 is 5.73 Å². The normalized spacial score (nSPS) is 45.3. The second-order valence-electron chi connectivity index (χ2n) is 12.3. The van der Waals surface area contributed by atoms with E-state index in [4.69, 9.17) is 22.1 Å². The molecule has 3 aliphatic carbocycles. The lowest BCUT2D eigenvalue weighted by atomic mass is 9.54. The van der Waals surface area contributed by atoms with Crippen LogP contribution >= 0.6 is 11.6 Å². The molecule has 2 spiro atoms. The fourth-order valence-electron chi connectivity index (χ4n) is 8.62. The Labute approximate surface area is 216 Å². The second-order valence-corrected chi connectivity index (χ2v) is 13.0. The fraction of sp³-hybridized carbons (Fsp3) is 0.607. The molecule has 7 rings (SSSR count). The van der Waals surface area contributed by atoms with Gasteiger partial charge in [0.15, 0.2) is 5.95 Å². The largest absolute Gasteiger partial charge is 0.388 e. The molecule has 3 fully saturated rings. The van der Waals surface area contributed by atoms with Crippen molar-refractivity contribution in [2.24, 2.45) is 11.3 Å². The molecule has 0 radical (unpaired) electrons. The summed E-state index contributed by atoms with van der Waals surface area (Å²) in [5, 5.41) is 22.1. The van der Waals surface area contributed by atoms with E-state index in [2.05, 4.69) is 47.2 Å². The summed E-state index contributed by atoms with van der Waals surface area (Å²) in [6.45, 7) is 2.38. The maximum atomic E-state index is 11.2. The first kappa shape index (κ1) is 23.2. The Morgan fingerprint density at radius 1 is 1.19 bits per heavy atom. The molecular formula is C28H35ClN4O3. The Balaban J connectivity index is 1.30. The van der Waals surface area contributed by atoms with Crippen LogP contribution in [0.15, 0.2) is 35.9 Å². The van der Waals surface area contributed by atoms with Crippen molar-refractivity contribution in [3.63, 3.8) is 0 Å². The number of rotatable bonds is 2. The third-order valence-electron chi connectivity index (χ3n) is 10.5. The first-order valence-corrected chi connectivity index (χ1v) is 13.5. The number of aromatic nitrogens is 2. The van der Waals surface area contributed by atoms with Crippen molar-refractivity contribution in [2.75, 3.05) is 19.8 Å². The number of nitrogens with two attached hydrogens (primary N) is 1. The minimum absolute atomic E-state index is 0.0848. The molecule has 8 atom stereocenters. The lowest BCUT2D eigenvalue weighted by Crippen LogP contribution is -2.68. The zero-order chi connectivity index (χ0) is 25.3. The second kappa shape index (κ2) is 7.14. The lowest BCUT2D eigenvalue weighted by Gasteiger charge is -2.61. The monoisotopic (exact) mass is 510 g/mol. The van der Waals surface area contributed by atoms with Crippen LogP contribution in [0.5, 0.6) is 0 Å². The molecule has 36 heavy (non-hydrogen) atoms. The highest BCUT2D eigenvalue weighted by Gasteiger charge is 2.73. The average Bonchev–Trinajstić information content (AvgIpc) is 3.49. The quantitative estimate of drug-likeness (QED) is 0.363. The van der Waals surface area contributed by atoms with Gasteiger partial charge in [0.05, 0.1) is 33.2 Å². The SMILES string of the molecule is CN(C)[C@H]1C[C@@]23CC[C@]4(O2)C2CC=C(c5ccc6[nH]c(N)nc6c5)[C@@]2(C)CCC4(Cl)C=C3[C@@H](O)[C@@H]1O. The predicted octanol–water partition coefficient (Wildman–Crippen LogP) is 3.61. The van der Waals surface area contributed by atoms with E-state index in [0.717, 1.165) is 48.7 Å². The number of benzene rings is 1. The number of H-pyrrole nitrogens is 1. The van der Waals surface area contributed by atoms with E-state index in [9.17, 15) is 10.2 Å². The van der Waals surface area contributed by atoms with Crippen molar-refractivity contribution < 1.29 is 14.9 Å². The van der Waals surface area contributed by atoms with Crippen molar-refractivity contribution >= 4 is 34.2 Å². The molecule has 1 aromatic heterocycles. The number of aliphatic hydroxyl groups excluding tert-OH is 2. The molecule has 8 heteroatoms. The third kappa shape index (κ3) is 2.71.